The number of rotatable bonds is 2. The molecular formula is C13H16BrClN2O. The van der Waals surface area contributed by atoms with Gasteiger partial charge in [-0.1, -0.05) is 24.1 Å². The molecule has 3 nitrogen and oxygen atoms in total. The summed E-state index contributed by atoms with van der Waals surface area (Å²) in [7, 11) is 0. The average molecular weight is 332 g/mol. The fourth-order valence-corrected chi connectivity index (χ4v) is 2.84. The Morgan fingerprint density at radius 1 is 1.44 bits per heavy atom. The van der Waals surface area contributed by atoms with Gasteiger partial charge in [0.1, 0.15) is 0 Å². The highest BCUT2D eigenvalue weighted by molar-refractivity contribution is 9.10. The third-order valence-electron chi connectivity index (χ3n) is 3.30. The minimum Gasteiger partial charge on any atom is -0.328 e. The van der Waals surface area contributed by atoms with E-state index < -0.39 is 0 Å². The lowest BCUT2D eigenvalue weighted by molar-refractivity contribution is -0.120. The van der Waals surface area contributed by atoms with Crippen LogP contribution < -0.4 is 11.1 Å². The number of anilines is 1. The monoisotopic (exact) mass is 330 g/mol. The molecule has 2 rings (SSSR count). The summed E-state index contributed by atoms with van der Waals surface area (Å²) in [4.78, 5) is 12.1. The Morgan fingerprint density at radius 2 is 2.22 bits per heavy atom. The topological polar surface area (TPSA) is 55.1 Å². The predicted octanol–water partition coefficient (Wildman–Crippen LogP) is 3.56. The van der Waals surface area contributed by atoms with Crippen molar-refractivity contribution in [2.45, 2.75) is 31.7 Å². The third kappa shape index (κ3) is 3.25. The first-order valence-electron chi connectivity index (χ1n) is 6.08. The first-order valence-corrected chi connectivity index (χ1v) is 7.25. The Morgan fingerprint density at radius 3 is 2.94 bits per heavy atom. The highest BCUT2D eigenvalue weighted by Gasteiger charge is 2.25. The van der Waals surface area contributed by atoms with Gasteiger partial charge >= 0.3 is 0 Å². The Kier molecular flexibility index (Phi) is 4.65. The number of nitrogens with one attached hydrogen (secondary N) is 1. The van der Waals surface area contributed by atoms with Crippen LogP contribution in [0.5, 0.6) is 0 Å². The second-order valence-corrected chi connectivity index (χ2v) is 5.91. The fourth-order valence-electron chi connectivity index (χ4n) is 2.30. The normalized spacial score (nSPS) is 23.7. The summed E-state index contributed by atoms with van der Waals surface area (Å²) in [6.07, 6.45) is 3.72. The van der Waals surface area contributed by atoms with Gasteiger partial charge in [-0.2, -0.15) is 0 Å². The van der Waals surface area contributed by atoms with Gasteiger partial charge in [0.2, 0.25) is 5.91 Å². The zero-order chi connectivity index (χ0) is 13.1. The molecule has 0 heterocycles. The van der Waals surface area contributed by atoms with Gasteiger partial charge in [-0.15, -0.1) is 0 Å². The lowest BCUT2D eigenvalue weighted by Crippen LogP contribution is -2.34. The summed E-state index contributed by atoms with van der Waals surface area (Å²) >= 11 is 9.36. The Bertz CT molecular complexity index is 453. The van der Waals surface area contributed by atoms with Crippen LogP contribution in [0.2, 0.25) is 5.02 Å². The maximum Gasteiger partial charge on any atom is 0.227 e. The van der Waals surface area contributed by atoms with E-state index in [1.807, 2.05) is 12.1 Å². The number of hydrogen-bond donors (Lipinski definition) is 2. The number of hydrogen-bond acceptors (Lipinski definition) is 2. The molecule has 1 amide bonds. The summed E-state index contributed by atoms with van der Waals surface area (Å²) in [6.45, 7) is 0. The molecule has 1 aliphatic carbocycles. The number of carbonyl (C=O) groups excluding carboxylic acids is 1. The van der Waals surface area contributed by atoms with E-state index in [2.05, 4.69) is 21.2 Å². The molecule has 3 N–H and O–H groups in total. The number of benzene rings is 1. The average Bonchev–Trinajstić information content (AvgIpc) is 2.35. The zero-order valence-electron chi connectivity index (χ0n) is 9.96. The lowest BCUT2D eigenvalue weighted by Gasteiger charge is -2.25. The summed E-state index contributed by atoms with van der Waals surface area (Å²) in [5, 5.41) is 3.51. The minimum absolute atomic E-state index is 0.0135. The van der Waals surface area contributed by atoms with Crippen molar-refractivity contribution in [2.75, 3.05) is 5.32 Å². The van der Waals surface area contributed by atoms with E-state index in [0.717, 1.165) is 30.2 Å². The van der Waals surface area contributed by atoms with Crippen molar-refractivity contribution >= 4 is 39.1 Å². The Balaban J connectivity index is 2.04. The lowest BCUT2D eigenvalue weighted by atomic mass is 9.85. The molecule has 2 atom stereocenters. The standard InChI is InChI=1S/C13H16BrClN2O/c14-12-10(15)5-2-6-11(12)17-13(18)8-3-1-4-9(16)7-8/h2,5-6,8-9H,1,3-4,7,16H2,(H,17,18). The SMILES string of the molecule is NC1CCCC(C(=O)Nc2cccc(Cl)c2Br)C1. The van der Waals surface area contributed by atoms with Crippen LogP contribution in [0.4, 0.5) is 5.69 Å². The van der Waals surface area contributed by atoms with Gasteiger partial charge in [-0.3, -0.25) is 4.79 Å². The molecule has 0 saturated heterocycles. The van der Waals surface area contributed by atoms with Crippen LogP contribution in [0.25, 0.3) is 0 Å². The van der Waals surface area contributed by atoms with Crippen LogP contribution in [0.15, 0.2) is 22.7 Å². The van der Waals surface area contributed by atoms with E-state index in [1.54, 1.807) is 6.07 Å². The molecule has 1 aromatic rings. The number of carbonyl (C=O) groups is 1. The van der Waals surface area contributed by atoms with Crippen molar-refractivity contribution in [1.82, 2.24) is 0 Å². The van der Waals surface area contributed by atoms with Gasteiger partial charge in [0, 0.05) is 12.0 Å². The van der Waals surface area contributed by atoms with E-state index in [0.29, 0.717) is 10.7 Å². The molecule has 0 bridgehead atoms. The second kappa shape index (κ2) is 6.04. The van der Waals surface area contributed by atoms with E-state index in [9.17, 15) is 4.79 Å². The molecule has 1 aromatic carbocycles. The quantitative estimate of drug-likeness (QED) is 0.870. The Labute approximate surface area is 120 Å². The van der Waals surface area contributed by atoms with E-state index in [1.165, 1.54) is 0 Å². The van der Waals surface area contributed by atoms with Crippen molar-refractivity contribution in [3.05, 3.63) is 27.7 Å². The smallest absolute Gasteiger partial charge is 0.227 e. The summed E-state index contributed by atoms with van der Waals surface area (Å²) in [6, 6.07) is 5.57. The third-order valence-corrected chi connectivity index (χ3v) is 4.69. The molecule has 5 heteroatoms. The second-order valence-electron chi connectivity index (χ2n) is 4.71. The van der Waals surface area contributed by atoms with Crippen molar-refractivity contribution in [3.8, 4) is 0 Å². The van der Waals surface area contributed by atoms with Gasteiger partial charge in [0.15, 0.2) is 0 Å². The molecule has 0 aromatic heterocycles. The van der Waals surface area contributed by atoms with Gasteiger partial charge in [0.05, 0.1) is 15.2 Å². The predicted molar refractivity (Wildman–Crippen MR) is 77.7 cm³/mol. The van der Waals surface area contributed by atoms with Gasteiger partial charge in [-0.05, 0) is 47.3 Å². The van der Waals surface area contributed by atoms with E-state index >= 15 is 0 Å². The molecule has 0 spiro atoms. The van der Waals surface area contributed by atoms with Gasteiger partial charge in [-0.25, -0.2) is 0 Å². The summed E-state index contributed by atoms with van der Waals surface area (Å²) in [5.74, 6) is 0.0488. The molecule has 18 heavy (non-hydrogen) atoms. The highest BCUT2D eigenvalue weighted by atomic mass is 79.9. The number of halogens is 2. The van der Waals surface area contributed by atoms with Crippen LogP contribution in [-0.4, -0.2) is 11.9 Å². The van der Waals surface area contributed by atoms with Crippen LogP contribution in [-0.2, 0) is 4.79 Å². The largest absolute Gasteiger partial charge is 0.328 e. The molecule has 1 saturated carbocycles. The van der Waals surface area contributed by atoms with Gasteiger partial charge < -0.3 is 11.1 Å². The first-order chi connectivity index (χ1) is 8.58. The highest BCUT2D eigenvalue weighted by Crippen LogP contribution is 2.31. The maximum absolute atomic E-state index is 12.1. The minimum atomic E-state index is 0.0135. The van der Waals surface area contributed by atoms with E-state index in [-0.39, 0.29) is 17.9 Å². The van der Waals surface area contributed by atoms with Gasteiger partial charge in [0.25, 0.3) is 0 Å². The van der Waals surface area contributed by atoms with Crippen molar-refractivity contribution in [1.29, 1.82) is 0 Å². The first kappa shape index (κ1) is 13.8. The van der Waals surface area contributed by atoms with Crippen molar-refractivity contribution < 1.29 is 4.79 Å². The van der Waals surface area contributed by atoms with Crippen LogP contribution in [0, 0.1) is 5.92 Å². The summed E-state index contributed by atoms with van der Waals surface area (Å²) in [5.41, 5.74) is 6.61. The van der Waals surface area contributed by atoms with E-state index in [4.69, 9.17) is 17.3 Å². The number of nitrogens with two attached hydrogens (primary N) is 1. The van der Waals surface area contributed by atoms with Crippen LogP contribution >= 0.6 is 27.5 Å². The molecule has 1 fully saturated rings. The molecule has 2 unspecified atom stereocenters. The molecule has 0 aliphatic heterocycles. The van der Waals surface area contributed by atoms with Crippen molar-refractivity contribution in [2.24, 2.45) is 11.7 Å². The maximum atomic E-state index is 12.1. The number of amides is 1. The summed E-state index contributed by atoms with van der Waals surface area (Å²) < 4.78 is 0.722. The molecular weight excluding hydrogens is 316 g/mol. The molecule has 1 aliphatic rings. The van der Waals surface area contributed by atoms with Crippen LogP contribution in [0.3, 0.4) is 0 Å². The molecule has 98 valence electrons. The molecule has 0 radical (unpaired) electrons. The van der Waals surface area contributed by atoms with Crippen LogP contribution in [0.1, 0.15) is 25.7 Å². The fraction of sp³-hybridized carbons (Fsp3) is 0.462. The zero-order valence-corrected chi connectivity index (χ0v) is 12.3. The van der Waals surface area contributed by atoms with Crippen molar-refractivity contribution in [3.63, 3.8) is 0 Å². The Hall–Kier alpha value is -0.580.